The number of amidine groups is 1. The minimum absolute atomic E-state index is 0.133. The first-order valence-corrected chi connectivity index (χ1v) is 5.99. The average Bonchev–Trinajstić information content (AvgIpc) is 2.43. The molecule has 0 amide bonds. The van der Waals surface area contributed by atoms with Gasteiger partial charge in [-0.1, -0.05) is 36.3 Å². The number of benzene rings is 1. The van der Waals surface area contributed by atoms with Crippen LogP contribution in [0.2, 0.25) is 0 Å². The van der Waals surface area contributed by atoms with E-state index in [1.54, 1.807) is 7.11 Å². The second-order valence-corrected chi connectivity index (χ2v) is 4.04. The summed E-state index contributed by atoms with van der Waals surface area (Å²) < 4.78 is 5.08. The lowest BCUT2D eigenvalue weighted by atomic mass is 10.1. The van der Waals surface area contributed by atoms with E-state index in [9.17, 15) is 0 Å². The monoisotopic (exact) mass is 251 g/mol. The molecule has 0 bridgehead atoms. The Balaban J connectivity index is 2.62. The highest BCUT2D eigenvalue weighted by Gasteiger charge is 2.04. The number of nitrogens with zero attached hydrogens (tertiary/aromatic N) is 2. The van der Waals surface area contributed by atoms with Crippen molar-refractivity contribution < 1.29 is 9.94 Å². The van der Waals surface area contributed by atoms with Crippen LogP contribution in [-0.4, -0.2) is 42.7 Å². The van der Waals surface area contributed by atoms with Crippen LogP contribution in [0, 0.1) is 0 Å². The molecule has 0 fully saturated rings. The first-order chi connectivity index (χ1) is 8.71. The van der Waals surface area contributed by atoms with E-state index in [0.29, 0.717) is 0 Å². The largest absolute Gasteiger partial charge is 0.409 e. The van der Waals surface area contributed by atoms with Crippen LogP contribution in [-0.2, 0) is 11.3 Å². The van der Waals surface area contributed by atoms with Gasteiger partial charge >= 0.3 is 0 Å². The van der Waals surface area contributed by atoms with Crippen LogP contribution < -0.4 is 5.73 Å². The van der Waals surface area contributed by atoms with Gasteiger partial charge in [-0.05, 0) is 12.1 Å². The molecule has 5 nitrogen and oxygen atoms in total. The topological polar surface area (TPSA) is 71.1 Å². The molecule has 0 saturated heterocycles. The molecular weight excluding hydrogens is 230 g/mol. The molecule has 0 spiro atoms. The van der Waals surface area contributed by atoms with E-state index in [-0.39, 0.29) is 5.84 Å². The molecule has 100 valence electrons. The minimum Gasteiger partial charge on any atom is -0.409 e. The van der Waals surface area contributed by atoms with Crippen LogP contribution in [0.4, 0.5) is 0 Å². The molecule has 3 N–H and O–H groups in total. The van der Waals surface area contributed by atoms with Crippen LogP contribution in [0.25, 0.3) is 0 Å². The van der Waals surface area contributed by atoms with E-state index in [1.165, 1.54) is 5.56 Å². The average molecular weight is 251 g/mol. The molecule has 5 heteroatoms. The number of likely N-dealkylation sites (N-methyl/N-ethyl adjacent to an activating group) is 1. The Labute approximate surface area is 108 Å². The number of rotatable bonds is 7. The highest BCUT2D eigenvalue weighted by atomic mass is 16.5. The van der Waals surface area contributed by atoms with Crippen molar-refractivity contribution in [1.29, 1.82) is 0 Å². The van der Waals surface area contributed by atoms with Crippen molar-refractivity contribution in [3.8, 4) is 0 Å². The number of hydrogen-bond donors (Lipinski definition) is 2. The van der Waals surface area contributed by atoms with E-state index in [0.717, 1.165) is 31.8 Å². The quantitative estimate of drug-likeness (QED) is 0.331. The zero-order valence-electron chi connectivity index (χ0n) is 11.0. The third kappa shape index (κ3) is 4.35. The Morgan fingerprint density at radius 2 is 2.06 bits per heavy atom. The summed E-state index contributed by atoms with van der Waals surface area (Å²) in [7, 11) is 1.71. The van der Waals surface area contributed by atoms with Gasteiger partial charge < -0.3 is 15.7 Å². The molecule has 0 aliphatic carbocycles. The summed E-state index contributed by atoms with van der Waals surface area (Å²) in [6.07, 6.45) is 0. The molecule has 0 saturated carbocycles. The van der Waals surface area contributed by atoms with Crippen molar-refractivity contribution in [2.45, 2.75) is 13.5 Å². The lowest BCUT2D eigenvalue weighted by molar-refractivity contribution is 0.147. The minimum atomic E-state index is 0.133. The van der Waals surface area contributed by atoms with Crippen LogP contribution in [0.15, 0.2) is 29.4 Å². The summed E-state index contributed by atoms with van der Waals surface area (Å²) in [5, 5.41) is 11.6. The first-order valence-electron chi connectivity index (χ1n) is 5.99. The zero-order chi connectivity index (χ0) is 13.4. The number of oxime groups is 1. The molecule has 0 aromatic heterocycles. The number of ether oxygens (including phenoxy) is 1. The zero-order valence-corrected chi connectivity index (χ0v) is 11.0. The Morgan fingerprint density at radius 3 is 2.56 bits per heavy atom. The van der Waals surface area contributed by atoms with E-state index >= 15 is 0 Å². The molecule has 0 aliphatic heterocycles. The summed E-state index contributed by atoms with van der Waals surface area (Å²) in [6.45, 7) is 5.62. The SMILES string of the molecule is CCN(CCOC)Cc1ccc(C(N)=NO)cc1. The molecule has 1 aromatic rings. The lowest BCUT2D eigenvalue weighted by Crippen LogP contribution is -2.26. The standard InChI is InChI=1S/C13H21N3O2/c1-3-16(8-9-18-2)10-11-4-6-12(7-5-11)13(14)15-17/h4-7,17H,3,8-10H2,1-2H3,(H2,14,15). The second kappa shape index (κ2) is 7.68. The van der Waals surface area contributed by atoms with Gasteiger partial charge in [0, 0.05) is 25.8 Å². The fourth-order valence-corrected chi connectivity index (χ4v) is 1.67. The molecule has 0 aliphatic rings. The van der Waals surface area contributed by atoms with Crippen LogP contribution in [0.5, 0.6) is 0 Å². The summed E-state index contributed by atoms with van der Waals surface area (Å²) in [5.41, 5.74) is 7.43. The lowest BCUT2D eigenvalue weighted by Gasteiger charge is -2.19. The van der Waals surface area contributed by atoms with E-state index in [2.05, 4.69) is 17.0 Å². The molecular formula is C13H21N3O2. The van der Waals surface area contributed by atoms with Gasteiger partial charge in [0.25, 0.3) is 0 Å². The molecule has 1 aromatic carbocycles. The predicted molar refractivity (Wildman–Crippen MR) is 71.8 cm³/mol. The van der Waals surface area contributed by atoms with Crippen molar-refractivity contribution in [3.63, 3.8) is 0 Å². The van der Waals surface area contributed by atoms with Gasteiger partial charge in [0.15, 0.2) is 5.84 Å². The van der Waals surface area contributed by atoms with Gasteiger partial charge in [-0.2, -0.15) is 0 Å². The van der Waals surface area contributed by atoms with Gasteiger partial charge in [-0.25, -0.2) is 0 Å². The summed E-state index contributed by atoms with van der Waals surface area (Å²) >= 11 is 0. The third-order valence-electron chi connectivity index (χ3n) is 2.82. The maximum atomic E-state index is 8.58. The summed E-state index contributed by atoms with van der Waals surface area (Å²) in [5.74, 6) is 0.133. The molecule has 0 unspecified atom stereocenters. The maximum Gasteiger partial charge on any atom is 0.170 e. The Kier molecular flexibility index (Phi) is 6.18. The molecule has 0 radical (unpaired) electrons. The summed E-state index contributed by atoms with van der Waals surface area (Å²) in [6, 6.07) is 7.69. The van der Waals surface area contributed by atoms with E-state index < -0.39 is 0 Å². The molecule has 1 rings (SSSR count). The van der Waals surface area contributed by atoms with E-state index in [1.807, 2.05) is 24.3 Å². The molecule has 18 heavy (non-hydrogen) atoms. The Morgan fingerprint density at radius 1 is 1.39 bits per heavy atom. The maximum absolute atomic E-state index is 8.58. The smallest absolute Gasteiger partial charge is 0.170 e. The number of hydrogen-bond acceptors (Lipinski definition) is 4. The first kappa shape index (κ1) is 14.5. The van der Waals surface area contributed by atoms with Crippen LogP contribution in [0.3, 0.4) is 0 Å². The Hall–Kier alpha value is -1.59. The fraction of sp³-hybridized carbons (Fsp3) is 0.462. The van der Waals surface area contributed by atoms with Crippen LogP contribution >= 0.6 is 0 Å². The van der Waals surface area contributed by atoms with Crippen molar-refractivity contribution in [1.82, 2.24) is 4.90 Å². The van der Waals surface area contributed by atoms with Crippen LogP contribution in [0.1, 0.15) is 18.1 Å². The second-order valence-electron chi connectivity index (χ2n) is 4.04. The highest BCUT2D eigenvalue weighted by Crippen LogP contribution is 2.07. The molecule has 0 heterocycles. The highest BCUT2D eigenvalue weighted by molar-refractivity contribution is 5.96. The number of nitrogens with two attached hydrogens (primary N) is 1. The van der Waals surface area contributed by atoms with Gasteiger partial charge in [-0.3, -0.25) is 4.90 Å². The normalized spacial score (nSPS) is 12.1. The third-order valence-corrected chi connectivity index (χ3v) is 2.82. The van der Waals surface area contributed by atoms with Crippen molar-refractivity contribution >= 4 is 5.84 Å². The van der Waals surface area contributed by atoms with Crippen molar-refractivity contribution in [2.24, 2.45) is 10.9 Å². The molecule has 0 atom stereocenters. The van der Waals surface area contributed by atoms with Crippen molar-refractivity contribution in [3.05, 3.63) is 35.4 Å². The Bertz CT molecular complexity index is 376. The van der Waals surface area contributed by atoms with Gasteiger partial charge in [0.1, 0.15) is 0 Å². The van der Waals surface area contributed by atoms with Gasteiger partial charge in [0.05, 0.1) is 6.61 Å². The number of methoxy groups -OCH3 is 1. The van der Waals surface area contributed by atoms with E-state index in [4.69, 9.17) is 15.7 Å². The van der Waals surface area contributed by atoms with Gasteiger partial charge in [0.2, 0.25) is 0 Å². The predicted octanol–water partition coefficient (Wildman–Crippen LogP) is 1.25. The summed E-state index contributed by atoms with van der Waals surface area (Å²) in [4.78, 5) is 2.29. The van der Waals surface area contributed by atoms with Crippen molar-refractivity contribution in [2.75, 3.05) is 26.8 Å². The van der Waals surface area contributed by atoms with Gasteiger partial charge in [-0.15, -0.1) is 0 Å². The fourth-order valence-electron chi connectivity index (χ4n) is 1.67.